The SMILES string of the molecule is CC(=O)Oc1c(C)c2c3c(c1C)CCCN3CCC2. The number of rotatable bonds is 1. The molecule has 0 N–H and O–H groups in total. The first kappa shape index (κ1) is 12.5. The van der Waals surface area contributed by atoms with Crippen LogP contribution in [-0.4, -0.2) is 19.1 Å². The molecule has 102 valence electrons. The second-order valence-electron chi connectivity index (χ2n) is 5.67. The molecule has 1 aromatic carbocycles. The minimum atomic E-state index is -0.221. The molecule has 0 atom stereocenters. The molecule has 0 aromatic heterocycles. The fourth-order valence-corrected chi connectivity index (χ4v) is 3.61. The molecule has 3 nitrogen and oxygen atoms in total. The number of hydrogen-bond acceptors (Lipinski definition) is 3. The van der Waals surface area contributed by atoms with Crippen LogP contribution in [-0.2, 0) is 17.6 Å². The average molecular weight is 259 g/mol. The lowest BCUT2D eigenvalue weighted by Gasteiger charge is -2.39. The van der Waals surface area contributed by atoms with E-state index in [0.29, 0.717) is 0 Å². The Morgan fingerprint density at radius 3 is 2.05 bits per heavy atom. The van der Waals surface area contributed by atoms with Crippen LogP contribution in [0.2, 0.25) is 0 Å². The molecule has 2 aliphatic rings. The van der Waals surface area contributed by atoms with Crippen LogP contribution in [0.1, 0.15) is 42.0 Å². The first-order valence-corrected chi connectivity index (χ1v) is 7.18. The highest BCUT2D eigenvalue weighted by Gasteiger charge is 2.29. The summed E-state index contributed by atoms with van der Waals surface area (Å²) in [6, 6.07) is 0. The Kier molecular flexibility index (Phi) is 3.00. The van der Waals surface area contributed by atoms with Crippen molar-refractivity contribution in [1.29, 1.82) is 0 Å². The zero-order valence-corrected chi connectivity index (χ0v) is 12.0. The fraction of sp³-hybridized carbons (Fsp3) is 0.562. The molecule has 3 heteroatoms. The normalized spacial score (nSPS) is 17.1. The molecule has 3 rings (SSSR count). The maximum Gasteiger partial charge on any atom is 0.308 e. The van der Waals surface area contributed by atoms with Gasteiger partial charge in [-0.2, -0.15) is 0 Å². The Hall–Kier alpha value is -1.51. The van der Waals surface area contributed by atoms with Crippen molar-refractivity contribution in [1.82, 2.24) is 0 Å². The Bertz CT molecular complexity index is 511. The Labute approximate surface area is 114 Å². The fourth-order valence-electron chi connectivity index (χ4n) is 3.61. The summed E-state index contributed by atoms with van der Waals surface area (Å²) >= 11 is 0. The standard InChI is InChI=1S/C16H21NO2/c1-10-13-6-4-8-17-9-5-7-14(15(13)17)11(2)16(10)19-12(3)18/h4-9H2,1-3H3. The van der Waals surface area contributed by atoms with Gasteiger partial charge in [-0.3, -0.25) is 4.79 Å². The van der Waals surface area contributed by atoms with E-state index in [1.54, 1.807) is 0 Å². The van der Waals surface area contributed by atoms with E-state index in [1.165, 1.54) is 49.7 Å². The van der Waals surface area contributed by atoms with Crippen LogP contribution in [0.15, 0.2) is 0 Å². The maximum atomic E-state index is 11.3. The summed E-state index contributed by atoms with van der Waals surface area (Å²) < 4.78 is 5.49. The van der Waals surface area contributed by atoms with Crippen molar-refractivity contribution in [3.8, 4) is 5.75 Å². The molecule has 0 unspecified atom stereocenters. The van der Waals surface area contributed by atoms with Gasteiger partial charge in [0.1, 0.15) is 5.75 Å². The largest absolute Gasteiger partial charge is 0.426 e. The van der Waals surface area contributed by atoms with Crippen molar-refractivity contribution in [3.63, 3.8) is 0 Å². The quantitative estimate of drug-likeness (QED) is 0.573. The number of hydrogen-bond donors (Lipinski definition) is 0. The summed E-state index contributed by atoms with van der Waals surface area (Å²) in [7, 11) is 0. The second kappa shape index (κ2) is 4.55. The number of esters is 1. The molecule has 0 spiro atoms. The molecule has 0 fully saturated rings. The van der Waals surface area contributed by atoms with Crippen LogP contribution in [0.4, 0.5) is 5.69 Å². The molecule has 0 saturated carbocycles. The third-order valence-corrected chi connectivity index (χ3v) is 4.43. The molecule has 0 saturated heterocycles. The van der Waals surface area contributed by atoms with Crippen molar-refractivity contribution >= 4 is 11.7 Å². The van der Waals surface area contributed by atoms with Gasteiger partial charge in [0.2, 0.25) is 0 Å². The number of nitrogens with zero attached hydrogens (tertiary/aromatic N) is 1. The molecule has 2 heterocycles. The van der Waals surface area contributed by atoms with Gasteiger partial charge in [-0.05, 0) is 61.8 Å². The van der Waals surface area contributed by atoms with Crippen LogP contribution in [0.25, 0.3) is 0 Å². The molecular formula is C16H21NO2. The van der Waals surface area contributed by atoms with Crippen LogP contribution in [0.3, 0.4) is 0 Å². The lowest BCUT2D eigenvalue weighted by atomic mass is 9.85. The molecule has 0 radical (unpaired) electrons. The second-order valence-corrected chi connectivity index (χ2v) is 5.67. The smallest absolute Gasteiger partial charge is 0.308 e. The van der Waals surface area contributed by atoms with Gasteiger partial charge in [-0.1, -0.05) is 0 Å². The maximum absolute atomic E-state index is 11.3. The lowest BCUT2D eigenvalue weighted by Crippen LogP contribution is -2.35. The van der Waals surface area contributed by atoms with Crippen LogP contribution < -0.4 is 9.64 Å². The highest BCUT2D eigenvalue weighted by atomic mass is 16.5. The van der Waals surface area contributed by atoms with E-state index in [0.717, 1.165) is 29.7 Å². The zero-order valence-electron chi connectivity index (χ0n) is 12.0. The third kappa shape index (κ3) is 1.92. The Morgan fingerprint density at radius 2 is 1.58 bits per heavy atom. The number of carbonyl (C=O) groups is 1. The average Bonchev–Trinajstić information content (AvgIpc) is 2.40. The highest BCUT2D eigenvalue weighted by molar-refractivity contribution is 5.75. The summed E-state index contributed by atoms with van der Waals surface area (Å²) in [6.07, 6.45) is 4.63. The van der Waals surface area contributed by atoms with E-state index in [-0.39, 0.29) is 5.97 Å². The zero-order chi connectivity index (χ0) is 13.6. The van der Waals surface area contributed by atoms with Crippen LogP contribution in [0.5, 0.6) is 5.75 Å². The summed E-state index contributed by atoms with van der Waals surface area (Å²) in [5, 5.41) is 0. The van der Waals surface area contributed by atoms with Gasteiger partial charge in [-0.25, -0.2) is 0 Å². The van der Waals surface area contributed by atoms with Crippen molar-refractivity contribution in [2.24, 2.45) is 0 Å². The molecule has 2 aliphatic heterocycles. The van der Waals surface area contributed by atoms with Crippen molar-refractivity contribution in [2.45, 2.75) is 46.5 Å². The van der Waals surface area contributed by atoms with Crippen molar-refractivity contribution in [2.75, 3.05) is 18.0 Å². The molecule has 0 aliphatic carbocycles. The molecule has 0 amide bonds. The highest BCUT2D eigenvalue weighted by Crippen LogP contribution is 2.43. The minimum absolute atomic E-state index is 0.221. The van der Waals surface area contributed by atoms with E-state index >= 15 is 0 Å². The predicted octanol–water partition coefficient (Wildman–Crippen LogP) is 2.93. The monoisotopic (exact) mass is 259 g/mol. The van der Waals surface area contributed by atoms with Gasteiger partial charge >= 0.3 is 5.97 Å². The van der Waals surface area contributed by atoms with E-state index in [4.69, 9.17) is 4.74 Å². The van der Waals surface area contributed by atoms with E-state index in [2.05, 4.69) is 18.7 Å². The Morgan fingerprint density at radius 1 is 1.05 bits per heavy atom. The van der Waals surface area contributed by atoms with Gasteiger partial charge in [0.05, 0.1) is 0 Å². The molecule has 1 aromatic rings. The van der Waals surface area contributed by atoms with Gasteiger partial charge < -0.3 is 9.64 Å². The molecule has 19 heavy (non-hydrogen) atoms. The van der Waals surface area contributed by atoms with Gasteiger partial charge in [0, 0.05) is 25.7 Å². The van der Waals surface area contributed by atoms with Gasteiger partial charge in [-0.15, -0.1) is 0 Å². The summed E-state index contributed by atoms with van der Waals surface area (Å²) in [5.74, 6) is 0.590. The summed E-state index contributed by atoms with van der Waals surface area (Å²) in [5.41, 5.74) is 6.59. The number of benzene rings is 1. The topological polar surface area (TPSA) is 29.5 Å². The summed E-state index contributed by atoms with van der Waals surface area (Å²) in [4.78, 5) is 13.9. The van der Waals surface area contributed by atoms with Crippen molar-refractivity contribution in [3.05, 3.63) is 22.3 Å². The number of ether oxygens (including phenoxy) is 1. The van der Waals surface area contributed by atoms with Crippen molar-refractivity contribution < 1.29 is 9.53 Å². The first-order valence-electron chi connectivity index (χ1n) is 7.18. The van der Waals surface area contributed by atoms with E-state index in [1.807, 2.05) is 0 Å². The number of anilines is 1. The molecular weight excluding hydrogens is 238 g/mol. The van der Waals surface area contributed by atoms with Gasteiger partial charge in [0.25, 0.3) is 0 Å². The lowest BCUT2D eigenvalue weighted by molar-refractivity contribution is -0.131. The third-order valence-electron chi connectivity index (χ3n) is 4.43. The summed E-state index contributed by atoms with van der Waals surface area (Å²) in [6.45, 7) is 8.02. The first-order chi connectivity index (χ1) is 9.09. The van der Waals surface area contributed by atoms with Crippen LogP contribution in [0, 0.1) is 13.8 Å². The Balaban J connectivity index is 2.22. The number of carbonyl (C=O) groups excluding carboxylic acids is 1. The molecule has 0 bridgehead atoms. The van der Waals surface area contributed by atoms with E-state index < -0.39 is 0 Å². The van der Waals surface area contributed by atoms with E-state index in [9.17, 15) is 4.79 Å². The predicted molar refractivity (Wildman–Crippen MR) is 76.1 cm³/mol. The van der Waals surface area contributed by atoms with Crippen LogP contribution >= 0.6 is 0 Å². The van der Waals surface area contributed by atoms with Gasteiger partial charge in [0.15, 0.2) is 0 Å². The minimum Gasteiger partial charge on any atom is -0.426 e.